The molecule has 3 aliphatic heterocycles. The van der Waals surface area contributed by atoms with Gasteiger partial charge in [0.05, 0.1) is 15.6 Å². The van der Waals surface area contributed by atoms with Gasteiger partial charge in [0.2, 0.25) is 11.4 Å². The van der Waals surface area contributed by atoms with E-state index in [4.69, 9.17) is 9.97 Å². The molecule has 1 amide bonds. The van der Waals surface area contributed by atoms with Crippen LogP contribution in [0.4, 0.5) is 5.95 Å². The molecule has 4 aliphatic rings. The summed E-state index contributed by atoms with van der Waals surface area (Å²) in [5.74, 6) is 2.61. The minimum absolute atomic E-state index is 0.0710. The zero-order valence-electron chi connectivity index (χ0n) is 22.9. The van der Waals surface area contributed by atoms with Crippen molar-refractivity contribution in [2.24, 2.45) is 17.8 Å². The van der Waals surface area contributed by atoms with Crippen molar-refractivity contribution >= 4 is 49.3 Å². The Bertz CT molecular complexity index is 1670. The number of thiazole rings is 1. The van der Waals surface area contributed by atoms with Gasteiger partial charge in [-0.15, -0.1) is 11.3 Å². The lowest BCUT2D eigenvalue weighted by atomic mass is 10.0. The molecule has 9 nitrogen and oxygen atoms in total. The summed E-state index contributed by atoms with van der Waals surface area (Å²) in [4.78, 5) is 45.2. The lowest BCUT2D eigenvalue weighted by Gasteiger charge is -2.29. The summed E-state index contributed by atoms with van der Waals surface area (Å²) in [5.41, 5.74) is 1.47. The lowest BCUT2D eigenvalue weighted by Crippen LogP contribution is -2.44. The predicted octanol–water partition coefficient (Wildman–Crippen LogP) is 3.06. The minimum Gasteiger partial charge on any atom is -0.349 e. The minimum atomic E-state index is -0.294. The predicted molar refractivity (Wildman–Crippen MR) is 158 cm³/mol. The number of nitrogens with one attached hydrogen (secondary N) is 1. The van der Waals surface area contributed by atoms with Crippen molar-refractivity contribution in [1.29, 1.82) is 0 Å². The molecule has 208 valence electrons. The zero-order chi connectivity index (χ0) is 27.0. The molecule has 0 radical (unpaired) electrons. The maximum Gasteiger partial charge on any atom is 0.258 e. The van der Waals surface area contributed by atoms with E-state index in [1.807, 2.05) is 28.7 Å². The Morgan fingerprint density at radius 3 is 2.55 bits per heavy atom. The smallest absolute Gasteiger partial charge is 0.258 e. The van der Waals surface area contributed by atoms with Crippen molar-refractivity contribution in [2.75, 3.05) is 57.8 Å². The molecular formula is C30H35N7O2S. The van der Waals surface area contributed by atoms with Crippen LogP contribution in [0.2, 0.25) is 0 Å². The number of hydrogen-bond acceptors (Lipinski definition) is 8. The second-order valence-electron chi connectivity index (χ2n) is 12.5. The van der Waals surface area contributed by atoms with Gasteiger partial charge in [-0.3, -0.25) is 14.0 Å². The molecule has 1 aromatic carbocycles. The van der Waals surface area contributed by atoms with E-state index < -0.39 is 0 Å². The first-order valence-corrected chi connectivity index (χ1v) is 15.5. The molecule has 1 aliphatic carbocycles. The molecule has 2 unspecified atom stereocenters. The third kappa shape index (κ3) is 4.19. The number of hydrogen-bond donors (Lipinski definition) is 1. The highest BCUT2D eigenvalue weighted by Gasteiger charge is 2.42. The van der Waals surface area contributed by atoms with Gasteiger partial charge in [-0.05, 0) is 75.7 Å². The Hall–Kier alpha value is -3.08. The van der Waals surface area contributed by atoms with Crippen molar-refractivity contribution in [3.05, 3.63) is 46.2 Å². The Kier molecular flexibility index (Phi) is 5.86. The number of para-hydroxylation sites is 1. The molecule has 1 N–H and O–H groups in total. The van der Waals surface area contributed by atoms with Crippen molar-refractivity contribution in [3.8, 4) is 0 Å². The summed E-state index contributed by atoms with van der Waals surface area (Å²) < 4.78 is 3.04. The van der Waals surface area contributed by atoms with Crippen LogP contribution in [-0.4, -0.2) is 89.0 Å². The maximum absolute atomic E-state index is 13.9. The first kappa shape index (κ1) is 24.7. The van der Waals surface area contributed by atoms with Crippen LogP contribution >= 0.6 is 11.3 Å². The summed E-state index contributed by atoms with van der Waals surface area (Å²) >= 11 is 1.48. The van der Waals surface area contributed by atoms with Gasteiger partial charge < -0.3 is 20.0 Å². The van der Waals surface area contributed by atoms with E-state index in [1.165, 1.54) is 43.8 Å². The van der Waals surface area contributed by atoms with Gasteiger partial charge in [-0.25, -0.2) is 4.98 Å². The molecule has 3 saturated heterocycles. The van der Waals surface area contributed by atoms with Gasteiger partial charge in [0.15, 0.2) is 5.65 Å². The highest BCUT2D eigenvalue weighted by molar-refractivity contribution is 7.24. The van der Waals surface area contributed by atoms with Crippen LogP contribution in [0.3, 0.4) is 0 Å². The number of piperidine rings is 1. The van der Waals surface area contributed by atoms with Gasteiger partial charge in [0, 0.05) is 45.0 Å². The number of aromatic nitrogens is 3. The van der Waals surface area contributed by atoms with Gasteiger partial charge in [-0.2, -0.15) is 4.98 Å². The van der Waals surface area contributed by atoms with Gasteiger partial charge >= 0.3 is 0 Å². The molecule has 3 aromatic heterocycles. The van der Waals surface area contributed by atoms with Crippen molar-refractivity contribution in [3.63, 3.8) is 0 Å². The molecule has 1 saturated carbocycles. The molecule has 4 fully saturated rings. The lowest BCUT2D eigenvalue weighted by molar-refractivity contribution is 0.0917. The van der Waals surface area contributed by atoms with Crippen LogP contribution in [-0.2, 0) is 0 Å². The molecule has 40 heavy (non-hydrogen) atoms. The van der Waals surface area contributed by atoms with E-state index in [1.54, 1.807) is 6.20 Å². The first-order valence-electron chi connectivity index (χ1n) is 14.7. The fraction of sp³-hybridized carbons (Fsp3) is 0.533. The van der Waals surface area contributed by atoms with E-state index in [0.717, 1.165) is 55.2 Å². The van der Waals surface area contributed by atoms with E-state index in [2.05, 4.69) is 27.1 Å². The first-order chi connectivity index (χ1) is 19.5. The van der Waals surface area contributed by atoms with Crippen LogP contribution in [0, 0.1) is 17.8 Å². The molecular weight excluding hydrogens is 522 g/mol. The summed E-state index contributed by atoms with van der Waals surface area (Å²) in [6, 6.07) is 8.14. The average molecular weight is 558 g/mol. The van der Waals surface area contributed by atoms with E-state index in [-0.39, 0.29) is 22.9 Å². The third-order valence-electron chi connectivity index (χ3n) is 9.51. The molecule has 0 bridgehead atoms. The van der Waals surface area contributed by atoms with Gasteiger partial charge in [0.1, 0.15) is 10.4 Å². The van der Waals surface area contributed by atoms with E-state index >= 15 is 0 Å². The monoisotopic (exact) mass is 557 g/mol. The molecule has 4 aromatic rings. The highest BCUT2D eigenvalue weighted by atomic mass is 32.1. The number of nitrogens with zero attached hydrogens (tertiary/aromatic N) is 6. The number of carbonyl (C=O) groups excluding carboxylic acids is 1. The Morgan fingerprint density at radius 2 is 1.80 bits per heavy atom. The molecule has 8 rings (SSSR count). The maximum atomic E-state index is 13.9. The Morgan fingerprint density at radius 1 is 1.05 bits per heavy atom. The third-order valence-corrected chi connectivity index (χ3v) is 10.7. The summed E-state index contributed by atoms with van der Waals surface area (Å²) in [6.45, 7) is 7.38. The molecule has 0 spiro atoms. The van der Waals surface area contributed by atoms with Crippen molar-refractivity contribution in [2.45, 2.75) is 31.7 Å². The SMILES string of the molecule is CN1CCC(NC(=O)c2c(=O)c3cnc(N4CC5CN(CC6CC6)CC5C4)nc3n3c2sc2ccccc23)CC1. The molecule has 2 atom stereocenters. The second-order valence-corrected chi connectivity index (χ2v) is 13.5. The number of amides is 1. The van der Waals surface area contributed by atoms with Crippen molar-refractivity contribution in [1.82, 2.24) is 29.5 Å². The summed E-state index contributed by atoms with van der Waals surface area (Å²) in [5, 5.41) is 3.57. The van der Waals surface area contributed by atoms with Crippen LogP contribution in [0.15, 0.2) is 35.3 Å². The second kappa shape index (κ2) is 9.49. The topological polar surface area (TPSA) is 86.1 Å². The normalized spacial score (nSPS) is 24.5. The summed E-state index contributed by atoms with van der Waals surface area (Å²) in [6.07, 6.45) is 6.22. The number of rotatable bonds is 5. The van der Waals surface area contributed by atoms with Gasteiger partial charge in [-0.1, -0.05) is 12.1 Å². The average Bonchev–Trinajstić information content (AvgIpc) is 3.37. The van der Waals surface area contributed by atoms with Crippen LogP contribution < -0.4 is 15.6 Å². The molecule has 6 heterocycles. The fourth-order valence-corrected chi connectivity index (χ4v) is 8.30. The fourth-order valence-electron chi connectivity index (χ4n) is 7.12. The summed E-state index contributed by atoms with van der Waals surface area (Å²) in [7, 11) is 2.10. The van der Waals surface area contributed by atoms with Gasteiger partial charge in [0.25, 0.3) is 5.91 Å². The molecule has 10 heteroatoms. The van der Waals surface area contributed by atoms with E-state index in [0.29, 0.717) is 33.6 Å². The number of fused-ring (bicyclic) bond motifs is 6. The number of carbonyl (C=O) groups is 1. The van der Waals surface area contributed by atoms with Crippen LogP contribution in [0.5, 0.6) is 0 Å². The Labute approximate surface area is 236 Å². The highest BCUT2D eigenvalue weighted by Crippen LogP contribution is 2.37. The van der Waals surface area contributed by atoms with Crippen molar-refractivity contribution < 1.29 is 4.79 Å². The zero-order valence-corrected chi connectivity index (χ0v) is 23.7. The van der Waals surface area contributed by atoms with Crippen LogP contribution in [0.1, 0.15) is 36.0 Å². The Balaban J connectivity index is 1.17. The quantitative estimate of drug-likeness (QED) is 0.404. The van der Waals surface area contributed by atoms with E-state index in [9.17, 15) is 9.59 Å². The van der Waals surface area contributed by atoms with Crippen LogP contribution in [0.25, 0.3) is 26.1 Å². The number of benzene rings is 1. The number of likely N-dealkylation sites (tertiary alicyclic amines) is 2. The standard InChI is InChI=1S/C30H35N7O2S/c1-34-10-8-21(9-11-34)32-28(39)25-26(38)22-12-31-30(33-27(22)37-23-4-2-3-5-24(23)40-29(25)37)36-16-19-14-35(13-18-6-7-18)15-20(19)17-36/h2-5,12,18-21H,6-11,13-17H2,1H3,(H,32,39). The number of anilines is 1. The number of pyridine rings is 1. The largest absolute Gasteiger partial charge is 0.349 e.